The predicted molar refractivity (Wildman–Crippen MR) is 38.0 cm³/mol. The van der Waals surface area contributed by atoms with Gasteiger partial charge in [-0.15, -0.1) is 0 Å². The van der Waals surface area contributed by atoms with Gasteiger partial charge in [-0.25, -0.2) is 9.74 Å². The fourth-order valence-electron chi connectivity index (χ4n) is 0.946. The van der Waals surface area contributed by atoms with Gasteiger partial charge in [0.15, 0.2) is 0 Å². The van der Waals surface area contributed by atoms with Crippen molar-refractivity contribution in [2.24, 2.45) is 0 Å². The van der Waals surface area contributed by atoms with E-state index < -0.39 is 41.8 Å². The van der Waals surface area contributed by atoms with Crippen molar-refractivity contribution in [2.45, 2.75) is 35.8 Å². The molecular weight excluding hydrogens is 382 g/mol. The van der Waals surface area contributed by atoms with E-state index in [0.717, 1.165) is 0 Å². The molecule has 0 N–H and O–H groups in total. The Morgan fingerprint density at radius 3 is 1.13 bits per heavy atom. The first-order valence-electron chi connectivity index (χ1n) is 4.52. The normalized spacial score (nSPS) is 15.6. The van der Waals surface area contributed by atoms with Crippen molar-refractivity contribution in [2.75, 3.05) is 0 Å². The van der Waals surface area contributed by atoms with Crippen LogP contribution in [0.5, 0.6) is 0 Å². The summed E-state index contributed by atoms with van der Waals surface area (Å²) in [6, 6.07) is 0. The zero-order chi connectivity index (χ0) is 19.3. The summed E-state index contributed by atoms with van der Waals surface area (Å²) in [6.07, 6.45) is -7.56. The first-order chi connectivity index (χ1) is 9.73. The first-order valence-corrected chi connectivity index (χ1v) is 4.52. The lowest BCUT2D eigenvalue weighted by Crippen LogP contribution is -2.71. The number of carbonyl (C=O) groups excluding carboxylic acids is 1. The summed E-state index contributed by atoms with van der Waals surface area (Å²) in [5, 5.41) is 0. The van der Waals surface area contributed by atoms with Crippen LogP contribution in [0, 0.1) is 0 Å². The van der Waals surface area contributed by atoms with Crippen LogP contribution in [0.1, 0.15) is 0 Å². The molecule has 0 aromatic heterocycles. The Kier molecular flexibility index (Phi) is 4.91. The number of alkyl halides is 13. The van der Waals surface area contributed by atoms with Crippen molar-refractivity contribution in [3.8, 4) is 0 Å². The number of rotatable bonds is 5. The van der Waals surface area contributed by atoms with Crippen molar-refractivity contribution >= 4 is 5.97 Å². The fraction of sp³-hybridized carbons (Fsp3) is 0.857. The van der Waals surface area contributed by atoms with Gasteiger partial charge >= 0.3 is 41.8 Å². The van der Waals surface area contributed by atoms with Crippen LogP contribution in [0.3, 0.4) is 0 Å². The van der Waals surface area contributed by atoms with Gasteiger partial charge in [-0.2, -0.15) is 57.1 Å². The lowest BCUT2D eigenvalue weighted by Gasteiger charge is -2.38. The molecule has 0 saturated heterocycles. The van der Waals surface area contributed by atoms with Gasteiger partial charge in [0.2, 0.25) is 0 Å². The summed E-state index contributed by atoms with van der Waals surface area (Å²) in [5.74, 6) is -43.5. The van der Waals surface area contributed by atoms with Crippen LogP contribution >= 0.6 is 0 Å². The zero-order valence-corrected chi connectivity index (χ0v) is 9.61. The minimum Gasteiger partial charge on any atom is -0.248 e. The standard InChI is InChI=1S/C7F14O2/c8-2(9,1(22)23-21)3(10,11)4(12,13)5(14,15)6(16,17)7(18,19)20. The molecule has 0 atom stereocenters. The summed E-state index contributed by atoms with van der Waals surface area (Å²) in [6.45, 7) is 0. The minimum atomic E-state index is -8.16. The molecule has 23 heavy (non-hydrogen) atoms. The van der Waals surface area contributed by atoms with Gasteiger partial charge in [-0.1, -0.05) is 0 Å². The zero-order valence-electron chi connectivity index (χ0n) is 9.61. The lowest BCUT2D eigenvalue weighted by molar-refractivity contribution is -0.437. The molecule has 0 radical (unpaired) electrons. The third-order valence-electron chi connectivity index (χ3n) is 2.26. The maximum Gasteiger partial charge on any atom is 0.460 e. The molecule has 16 heteroatoms. The average Bonchev–Trinajstić information content (AvgIpc) is 2.35. The van der Waals surface area contributed by atoms with Gasteiger partial charge in [0.05, 0.1) is 0 Å². The Morgan fingerprint density at radius 2 is 0.870 bits per heavy atom. The smallest absolute Gasteiger partial charge is 0.248 e. The maximum absolute atomic E-state index is 12.7. The van der Waals surface area contributed by atoms with Gasteiger partial charge in [-0.3, -0.25) is 0 Å². The molecule has 0 unspecified atom stereocenters. The summed E-state index contributed by atoms with van der Waals surface area (Å²) in [4.78, 5) is 11.3. The largest absolute Gasteiger partial charge is 0.460 e. The van der Waals surface area contributed by atoms with Crippen molar-refractivity contribution in [1.29, 1.82) is 0 Å². The Bertz CT molecular complexity index is 462. The molecule has 138 valence electrons. The summed E-state index contributed by atoms with van der Waals surface area (Å²) < 4.78 is 171. The first kappa shape index (κ1) is 21.5. The van der Waals surface area contributed by atoms with E-state index in [0.29, 0.717) is 0 Å². The van der Waals surface area contributed by atoms with E-state index in [-0.39, 0.29) is 0 Å². The molecule has 0 rings (SSSR count). The summed E-state index contributed by atoms with van der Waals surface area (Å²) in [7, 11) is 0. The highest BCUT2D eigenvalue weighted by Gasteiger charge is 2.92. The van der Waals surface area contributed by atoms with Crippen molar-refractivity contribution < 1.29 is 71.3 Å². The maximum atomic E-state index is 12.7. The van der Waals surface area contributed by atoms with E-state index in [9.17, 15) is 66.4 Å². The quantitative estimate of drug-likeness (QED) is 0.668. The van der Waals surface area contributed by atoms with Crippen LogP contribution in [0.25, 0.3) is 0 Å². The van der Waals surface area contributed by atoms with Crippen LogP contribution in [-0.2, 0) is 9.74 Å². The van der Waals surface area contributed by atoms with E-state index in [1.54, 1.807) is 0 Å². The highest BCUT2D eigenvalue weighted by Crippen LogP contribution is 2.60. The van der Waals surface area contributed by atoms with Gasteiger partial charge < -0.3 is 0 Å². The summed E-state index contributed by atoms with van der Waals surface area (Å²) in [5.41, 5.74) is 0. The highest BCUT2D eigenvalue weighted by molar-refractivity contribution is 5.78. The van der Waals surface area contributed by atoms with Crippen molar-refractivity contribution in [3.05, 3.63) is 0 Å². The Hall–Kier alpha value is -1.51. The molecule has 0 aromatic carbocycles. The van der Waals surface area contributed by atoms with Crippen LogP contribution < -0.4 is 0 Å². The van der Waals surface area contributed by atoms with Crippen LogP contribution in [0.2, 0.25) is 0 Å². The second kappa shape index (κ2) is 5.25. The molecule has 0 saturated carbocycles. The third-order valence-corrected chi connectivity index (χ3v) is 2.26. The van der Waals surface area contributed by atoms with E-state index in [4.69, 9.17) is 0 Å². The average molecular weight is 382 g/mol. The number of halogens is 14. The van der Waals surface area contributed by atoms with Crippen LogP contribution in [0.4, 0.5) is 61.6 Å². The van der Waals surface area contributed by atoms with E-state index >= 15 is 0 Å². The Labute approximate surface area is 114 Å². The predicted octanol–water partition coefficient (Wildman–Crippen LogP) is 4.15. The molecule has 0 aliphatic carbocycles. The van der Waals surface area contributed by atoms with Gasteiger partial charge in [-0.05, 0) is 0 Å². The molecule has 0 aliphatic heterocycles. The number of hydrogen-bond acceptors (Lipinski definition) is 2. The Balaban J connectivity index is 6.30. The van der Waals surface area contributed by atoms with Gasteiger partial charge in [0, 0.05) is 4.53 Å². The molecule has 0 spiro atoms. The molecular formula is C7F14O2. The van der Waals surface area contributed by atoms with Crippen LogP contribution in [-0.4, -0.2) is 41.8 Å². The van der Waals surface area contributed by atoms with E-state index in [2.05, 4.69) is 0 Å². The SMILES string of the molecule is O=C(OF)C(F)(F)C(F)(F)C(F)(F)C(F)(F)C(F)(F)C(F)(F)F. The molecule has 0 bridgehead atoms. The third kappa shape index (κ3) is 2.64. The van der Waals surface area contributed by atoms with Crippen LogP contribution in [0.15, 0.2) is 0 Å². The topological polar surface area (TPSA) is 26.3 Å². The summed E-state index contributed by atoms with van der Waals surface area (Å²) >= 11 is 0. The molecule has 0 amide bonds. The molecule has 0 aliphatic rings. The van der Waals surface area contributed by atoms with E-state index in [1.807, 2.05) is 0 Å². The van der Waals surface area contributed by atoms with Gasteiger partial charge in [0.25, 0.3) is 0 Å². The Morgan fingerprint density at radius 1 is 0.565 bits per heavy atom. The molecule has 0 fully saturated rings. The fourth-order valence-corrected chi connectivity index (χ4v) is 0.946. The highest BCUT2D eigenvalue weighted by atomic mass is 19.4. The number of carbonyl (C=O) groups is 1. The second-order valence-electron chi connectivity index (χ2n) is 3.73. The molecule has 0 aromatic rings. The minimum absolute atomic E-state index is 1.41. The lowest BCUT2D eigenvalue weighted by atomic mass is 9.94. The second-order valence-corrected chi connectivity index (χ2v) is 3.73. The number of hydrogen-bond donors (Lipinski definition) is 0. The van der Waals surface area contributed by atoms with E-state index in [1.165, 1.54) is 4.94 Å². The van der Waals surface area contributed by atoms with Gasteiger partial charge in [0.1, 0.15) is 0 Å². The molecule has 2 nitrogen and oxygen atoms in total. The van der Waals surface area contributed by atoms with Crippen molar-refractivity contribution in [3.63, 3.8) is 0 Å². The monoisotopic (exact) mass is 382 g/mol. The van der Waals surface area contributed by atoms with Crippen molar-refractivity contribution in [1.82, 2.24) is 0 Å². The molecule has 0 heterocycles.